The number of ether oxygens (including phenoxy) is 2. The summed E-state index contributed by atoms with van der Waals surface area (Å²) in [4.78, 5) is 20.3. The van der Waals surface area contributed by atoms with Crippen molar-refractivity contribution in [1.29, 1.82) is 5.26 Å². The van der Waals surface area contributed by atoms with Crippen molar-refractivity contribution in [3.8, 4) is 29.0 Å². The Balaban J connectivity index is 2.07. The van der Waals surface area contributed by atoms with Gasteiger partial charge in [-0.05, 0) is 56.2 Å². The van der Waals surface area contributed by atoms with Crippen LogP contribution in [-0.2, 0) is 16.0 Å². The molecular formula is C22H22N4O3. The van der Waals surface area contributed by atoms with Crippen LogP contribution in [0.5, 0.6) is 6.01 Å². The summed E-state index contributed by atoms with van der Waals surface area (Å²) in [6.45, 7) is 4.12. The highest BCUT2D eigenvalue weighted by atomic mass is 16.5. The number of carbonyl (C=O) groups is 1. The number of hydrogen-bond donors (Lipinski definition) is 0. The van der Waals surface area contributed by atoms with Gasteiger partial charge in [-0.15, -0.1) is 0 Å². The second-order valence-corrected chi connectivity index (χ2v) is 6.42. The van der Waals surface area contributed by atoms with Crippen LogP contribution in [0.4, 0.5) is 0 Å². The Hall–Kier alpha value is -3.66. The Bertz CT molecular complexity index is 1050. The molecule has 0 aliphatic rings. The molecule has 7 nitrogen and oxygen atoms in total. The zero-order valence-electron chi connectivity index (χ0n) is 16.7. The first kappa shape index (κ1) is 20.1. The number of methoxy groups -OCH3 is 1. The molecule has 0 N–H and O–H groups in total. The molecule has 0 atom stereocenters. The van der Waals surface area contributed by atoms with Gasteiger partial charge in [0.25, 0.3) is 0 Å². The van der Waals surface area contributed by atoms with E-state index in [-0.39, 0.29) is 12.4 Å². The van der Waals surface area contributed by atoms with E-state index >= 15 is 0 Å². The second kappa shape index (κ2) is 9.02. The van der Waals surface area contributed by atoms with Crippen LogP contribution in [-0.4, -0.2) is 34.2 Å². The molecule has 3 aromatic rings. The number of aryl methyl sites for hydroxylation is 2. The Kier molecular flexibility index (Phi) is 6.25. The number of esters is 1. The van der Waals surface area contributed by atoms with Crippen LogP contribution < -0.4 is 4.74 Å². The van der Waals surface area contributed by atoms with E-state index in [4.69, 9.17) is 9.47 Å². The van der Waals surface area contributed by atoms with Gasteiger partial charge in [0.15, 0.2) is 0 Å². The fraction of sp³-hybridized carbons (Fsp3) is 0.273. The predicted octanol–water partition coefficient (Wildman–Crippen LogP) is 3.62. The van der Waals surface area contributed by atoms with Crippen molar-refractivity contribution in [2.45, 2.75) is 26.7 Å². The van der Waals surface area contributed by atoms with Crippen LogP contribution in [0.2, 0.25) is 0 Å². The first-order chi connectivity index (χ1) is 14.1. The van der Waals surface area contributed by atoms with Gasteiger partial charge in [-0.3, -0.25) is 4.79 Å². The number of benzene rings is 1. The Labute approximate surface area is 169 Å². The minimum atomic E-state index is -0.230. The largest absolute Gasteiger partial charge is 0.467 e. The third-order valence-electron chi connectivity index (χ3n) is 4.53. The molecule has 0 unspecified atom stereocenters. The highest BCUT2D eigenvalue weighted by Crippen LogP contribution is 2.29. The maximum Gasteiger partial charge on any atom is 0.316 e. The lowest BCUT2D eigenvalue weighted by molar-refractivity contribution is -0.143. The molecule has 148 valence electrons. The van der Waals surface area contributed by atoms with Gasteiger partial charge in [-0.25, -0.2) is 9.97 Å². The topological polar surface area (TPSA) is 90.0 Å². The van der Waals surface area contributed by atoms with Crippen molar-refractivity contribution < 1.29 is 14.3 Å². The highest BCUT2D eigenvalue weighted by Gasteiger charge is 2.16. The van der Waals surface area contributed by atoms with Crippen molar-refractivity contribution >= 4 is 5.97 Å². The van der Waals surface area contributed by atoms with E-state index in [0.29, 0.717) is 24.6 Å². The lowest BCUT2D eigenvalue weighted by atomic mass is 10.1. The third kappa shape index (κ3) is 4.43. The molecular weight excluding hydrogens is 368 g/mol. The number of aromatic nitrogens is 3. The molecule has 2 aromatic heterocycles. The van der Waals surface area contributed by atoms with Gasteiger partial charge in [0.1, 0.15) is 0 Å². The van der Waals surface area contributed by atoms with Crippen LogP contribution in [0.3, 0.4) is 0 Å². The van der Waals surface area contributed by atoms with E-state index in [2.05, 4.69) is 20.6 Å². The summed E-state index contributed by atoms with van der Waals surface area (Å²) in [7, 11) is 1.52. The average molecular weight is 390 g/mol. The number of nitriles is 1. The van der Waals surface area contributed by atoms with Crippen molar-refractivity contribution in [1.82, 2.24) is 14.5 Å². The smallest absolute Gasteiger partial charge is 0.316 e. The molecule has 2 heterocycles. The number of nitrogens with zero attached hydrogens (tertiary/aromatic N) is 4. The normalized spacial score (nSPS) is 10.4. The van der Waals surface area contributed by atoms with Crippen LogP contribution in [0.25, 0.3) is 16.9 Å². The van der Waals surface area contributed by atoms with Crippen molar-refractivity contribution in [2.75, 3.05) is 13.7 Å². The third-order valence-corrected chi connectivity index (χ3v) is 4.53. The first-order valence-corrected chi connectivity index (χ1v) is 9.31. The van der Waals surface area contributed by atoms with E-state index in [1.54, 1.807) is 25.4 Å². The quantitative estimate of drug-likeness (QED) is 0.573. The Morgan fingerprint density at radius 3 is 2.59 bits per heavy atom. The van der Waals surface area contributed by atoms with Crippen LogP contribution in [0.15, 0.2) is 42.7 Å². The van der Waals surface area contributed by atoms with E-state index in [1.807, 2.05) is 31.2 Å². The molecule has 0 fully saturated rings. The number of rotatable bonds is 7. The molecule has 0 saturated carbocycles. The standard InChI is InChI=1S/C22H22N4O3/c1-4-29-21(27)10-7-18-6-9-20(17-13-24-22(28-3)25-14-17)26(18)19-8-5-16(12-23)11-15(19)2/h5-6,8-9,11,13-14H,4,7,10H2,1-3H3. The fourth-order valence-corrected chi connectivity index (χ4v) is 3.18. The van der Waals surface area contributed by atoms with Gasteiger partial charge in [-0.1, -0.05) is 0 Å². The van der Waals surface area contributed by atoms with Gasteiger partial charge < -0.3 is 14.0 Å². The molecule has 3 rings (SSSR count). The maximum atomic E-state index is 11.9. The zero-order chi connectivity index (χ0) is 20.8. The summed E-state index contributed by atoms with van der Waals surface area (Å²) in [6, 6.07) is 12.0. The van der Waals surface area contributed by atoms with Gasteiger partial charge in [-0.2, -0.15) is 5.26 Å². The predicted molar refractivity (Wildman–Crippen MR) is 108 cm³/mol. The Morgan fingerprint density at radius 1 is 1.21 bits per heavy atom. The van der Waals surface area contributed by atoms with Gasteiger partial charge in [0, 0.05) is 29.3 Å². The van der Waals surface area contributed by atoms with Crippen molar-refractivity contribution in [2.24, 2.45) is 0 Å². The zero-order valence-corrected chi connectivity index (χ0v) is 16.7. The summed E-state index contributed by atoms with van der Waals surface area (Å²) in [5.41, 5.74) is 5.14. The van der Waals surface area contributed by atoms with Crippen molar-refractivity contribution in [3.63, 3.8) is 0 Å². The molecule has 0 amide bonds. The lowest BCUT2D eigenvalue weighted by Gasteiger charge is -2.16. The van der Waals surface area contributed by atoms with Gasteiger partial charge >= 0.3 is 12.0 Å². The van der Waals surface area contributed by atoms with E-state index in [1.165, 1.54) is 7.11 Å². The van der Waals surface area contributed by atoms with E-state index in [9.17, 15) is 10.1 Å². The summed E-state index contributed by atoms with van der Waals surface area (Å²) in [6.07, 6.45) is 4.21. The monoisotopic (exact) mass is 390 g/mol. The number of carbonyl (C=O) groups excluding carboxylic acids is 1. The second-order valence-electron chi connectivity index (χ2n) is 6.42. The Morgan fingerprint density at radius 2 is 1.97 bits per heavy atom. The average Bonchev–Trinajstić information content (AvgIpc) is 3.16. The molecule has 29 heavy (non-hydrogen) atoms. The summed E-state index contributed by atoms with van der Waals surface area (Å²) >= 11 is 0. The van der Waals surface area contributed by atoms with Gasteiger partial charge in [0.05, 0.1) is 37.5 Å². The minimum Gasteiger partial charge on any atom is -0.467 e. The molecule has 0 bridgehead atoms. The van der Waals surface area contributed by atoms with Crippen molar-refractivity contribution in [3.05, 3.63) is 59.5 Å². The summed E-state index contributed by atoms with van der Waals surface area (Å²) < 4.78 is 12.2. The summed E-state index contributed by atoms with van der Waals surface area (Å²) in [5.74, 6) is -0.230. The molecule has 0 radical (unpaired) electrons. The van der Waals surface area contributed by atoms with Crippen LogP contribution >= 0.6 is 0 Å². The van der Waals surface area contributed by atoms with Crippen LogP contribution in [0, 0.1) is 18.3 Å². The molecule has 0 spiro atoms. The lowest BCUT2D eigenvalue weighted by Crippen LogP contribution is -2.09. The van der Waals surface area contributed by atoms with E-state index < -0.39 is 0 Å². The van der Waals surface area contributed by atoms with Gasteiger partial charge in [0.2, 0.25) is 0 Å². The maximum absolute atomic E-state index is 11.9. The van der Waals surface area contributed by atoms with E-state index in [0.717, 1.165) is 28.2 Å². The summed E-state index contributed by atoms with van der Waals surface area (Å²) in [5, 5.41) is 9.18. The molecule has 0 saturated heterocycles. The molecule has 0 aliphatic carbocycles. The fourth-order valence-electron chi connectivity index (χ4n) is 3.18. The molecule has 0 aliphatic heterocycles. The first-order valence-electron chi connectivity index (χ1n) is 9.31. The number of hydrogen-bond acceptors (Lipinski definition) is 6. The SMILES string of the molecule is CCOC(=O)CCc1ccc(-c2cnc(OC)nc2)n1-c1ccc(C#N)cc1C. The highest BCUT2D eigenvalue weighted by molar-refractivity contribution is 5.70. The molecule has 1 aromatic carbocycles. The van der Waals surface area contributed by atoms with Crippen LogP contribution in [0.1, 0.15) is 30.2 Å². The minimum absolute atomic E-state index is 0.230. The molecule has 7 heteroatoms.